The number of nitrogens with zero attached hydrogens (tertiary/aromatic N) is 3. The van der Waals surface area contributed by atoms with E-state index in [9.17, 15) is 4.79 Å². The summed E-state index contributed by atoms with van der Waals surface area (Å²) >= 11 is 0. The Bertz CT molecular complexity index is 1240. The van der Waals surface area contributed by atoms with Crippen LogP contribution in [-0.4, -0.2) is 54.3 Å². The van der Waals surface area contributed by atoms with Gasteiger partial charge in [0.1, 0.15) is 23.0 Å². The van der Waals surface area contributed by atoms with Crippen LogP contribution in [0.2, 0.25) is 0 Å². The molecule has 0 bridgehead atoms. The smallest absolute Gasteiger partial charge is 0.230 e. The van der Waals surface area contributed by atoms with Gasteiger partial charge in [-0.15, -0.1) is 0 Å². The van der Waals surface area contributed by atoms with Crippen molar-refractivity contribution < 1.29 is 14.3 Å². The topological polar surface area (TPSA) is 54.4 Å². The Morgan fingerprint density at radius 1 is 1.06 bits per heavy atom. The maximum atomic E-state index is 13.6. The van der Waals surface area contributed by atoms with Crippen molar-refractivity contribution in [2.45, 2.75) is 32.2 Å². The largest absolute Gasteiger partial charge is 0.497 e. The van der Waals surface area contributed by atoms with Crippen LogP contribution >= 0.6 is 0 Å². The number of benzene rings is 3. The first-order chi connectivity index (χ1) is 17.1. The first-order valence-electron chi connectivity index (χ1n) is 12.2. The molecule has 0 unspecified atom stereocenters. The number of carbonyl (C=O) groups is 1. The van der Waals surface area contributed by atoms with Crippen molar-refractivity contribution >= 4 is 17.4 Å². The first-order valence-corrected chi connectivity index (χ1v) is 12.2. The Kier molecular flexibility index (Phi) is 6.45. The molecule has 0 saturated carbocycles. The number of amides is 1. The lowest BCUT2D eigenvalue weighted by molar-refractivity contribution is -0.136. The molecular formula is C29H31N3O3. The summed E-state index contributed by atoms with van der Waals surface area (Å²) in [5.41, 5.74) is 2.79. The summed E-state index contributed by atoms with van der Waals surface area (Å²) in [6, 6.07) is 23.8. The average Bonchev–Trinajstić information content (AvgIpc) is 3.05. The Balaban J connectivity index is 1.43. The van der Waals surface area contributed by atoms with Crippen molar-refractivity contribution in [1.82, 2.24) is 9.80 Å². The van der Waals surface area contributed by atoms with Crippen LogP contribution < -0.4 is 9.47 Å². The van der Waals surface area contributed by atoms with E-state index in [0.717, 1.165) is 34.8 Å². The number of amidine groups is 1. The average molecular weight is 470 g/mol. The molecule has 3 aromatic rings. The Labute approximate surface area is 206 Å². The molecular weight excluding hydrogens is 438 g/mol. The van der Waals surface area contributed by atoms with E-state index in [1.807, 2.05) is 65.6 Å². The van der Waals surface area contributed by atoms with Crippen molar-refractivity contribution in [3.05, 3.63) is 83.9 Å². The molecule has 0 radical (unpaired) electrons. The monoisotopic (exact) mass is 469 g/mol. The lowest BCUT2D eigenvalue weighted by atomic mass is 9.94. The summed E-state index contributed by atoms with van der Waals surface area (Å²) in [5.74, 6) is 3.11. The summed E-state index contributed by atoms with van der Waals surface area (Å²) in [4.78, 5) is 22.9. The highest BCUT2D eigenvalue weighted by molar-refractivity contribution is 6.04. The molecule has 6 heteroatoms. The van der Waals surface area contributed by atoms with E-state index in [2.05, 4.69) is 30.9 Å². The van der Waals surface area contributed by atoms with Gasteiger partial charge in [-0.3, -0.25) is 4.79 Å². The highest BCUT2D eigenvalue weighted by atomic mass is 16.5. The first kappa shape index (κ1) is 23.0. The Morgan fingerprint density at radius 3 is 2.57 bits per heavy atom. The van der Waals surface area contributed by atoms with E-state index in [0.29, 0.717) is 31.1 Å². The molecule has 0 N–H and O–H groups in total. The summed E-state index contributed by atoms with van der Waals surface area (Å²) in [6.07, 6.45) is 0.784. The molecule has 2 aliphatic rings. The number of piperazine rings is 1. The highest BCUT2D eigenvalue weighted by Gasteiger charge is 2.34. The summed E-state index contributed by atoms with van der Waals surface area (Å²) < 4.78 is 11.7. The van der Waals surface area contributed by atoms with Crippen molar-refractivity contribution in [2.75, 3.05) is 26.7 Å². The van der Waals surface area contributed by atoms with E-state index < -0.39 is 0 Å². The van der Waals surface area contributed by atoms with E-state index in [1.54, 1.807) is 7.11 Å². The molecule has 1 amide bonds. The Hall–Kier alpha value is -3.80. The van der Waals surface area contributed by atoms with Gasteiger partial charge in [0.25, 0.3) is 0 Å². The van der Waals surface area contributed by atoms with Gasteiger partial charge in [0.05, 0.1) is 18.6 Å². The molecule has 180 valence electrons. The predicted octanol–water partition coefficient (Wildman–Crippen LogP) is 5.61. The number of ether oxygens (including phenoxy) is 2. The summed E-state index contributed by atoms with van der Waals surface area (Å²) in [6.45, 7) is 6.26. The van der Waals surface area contributed by atoms with Crippen molar-refractivity contribution in [1.29, 1.82) is 0 Å². The standard InChI is InChI=1S/C29H31N3O3/c1-4-23(21-10-6-5-7-11-21)29(33)32-17-16-31(19-20(32)2)28-24-15-14-22(34-3)18-27(24)35-26-13-9-8-12-25(26)30-28/h5-15,18,20,23H,4,16-17,19H2,1-3H3/t20-,23+/m1/s1. The minimum Gasteiger partial charge on any atom is -0.497 e. The lowest BCUT2D eigenvalue weighted by Crippen LogP contribution is -2.56. The van der Waals surface area contributed by atoms with Crippen LogP contribution in [0.15, 0.2) is 77.8 Å². The zero-order valence-electron chi connectivity index (χ0n) is 20.5. The maximum absolute atomic E-state index is 13.6. The quantitative estimate of drug-likeness (QED) is 0.499. The fraction of sp³-hybridized carbons (Fsp3) is 0.310. The maximum Gasteiger partial charge on any atom is 0.230 e. The van der Waals surface area contributed by atoms with Gasteiger partial charge in [0, 0.05) is 31.7 Å². The fourth-order valence-corrected chi connectivity index (χ4v) is 4.98. The second-order valence-corrected chi connectivity index (χ2v) is 9.07. The normalized spacial score (nSPS) is 17.9. The summed E-state index contributed by atoms with van der Waals surface area (Å²) in [7, 11) is 1.65. The van der Waals surface area contributed by atoms with Crippen LogP contribution in [0.4, 0.5) is 5.69 Å². The molecule has 0 spiro atoms. The highest BCUT2D eigenvalue weighted by Crippen LogP contribution is 2.39. The number of hydrogen-bond acceptors (Lipinski definition) is 5. The molecule has 3 aromatic carbocycles. The number of rotatable bonds is 4. The third-order valence-corrected chi connectivity index (χ3v) is 6.86. The van der Waals surface area contributed by atoms with E-state index in [1.165, 1.54) is 0 Å². The SMILES string of the molecule is CC[C@H](C(=O)N1CCN(C2=Nc3ccccc3Oc3cc(OC)ccc32)C[C@H]1C)c1ccccc1. The Morgan fingerprint density at radius 2 is 1.83 bits per heavy atom. The van der Waals surface area contributed by atoms with E-state index >= 15 is 0 Å². The van der Waals surface area contributed by atoms with Gasteiger partial charge in [0.15, 0.2) is 5.75 Å². The number of methoxy groups -OCH3 is 1. The van der Waals surface area contributed by atoms with E-state index in [4.69, 9.17) is 14.5 Å². The summed E-state index contributed by atoms with van der Waals surface area (Å²) in [5, 5.41) is 0. The zero-order chi connectivity index (χ0) is 24.4. The van der Waals surface area contributed by atoms with Gasteiger partial charge >= 0.3 is 0 Å². The van der Waals surface area contributed by atoms with Gasteiger partial charge in [-0.05, 0) is 43.2 Å². The van der Waals surface area contributed by atoms with Crippen LogP contribution in [0.1, 0.15) is 37.3 Å². The molecule has 5 rings (SSSR count). The molecule has 1 saturated heterocycles. The minimum atomic E-state index is -0.117. The number of aliphatic imine (C=N–C) groups is 1. The molecule has 2 atom stereocenters. The minimum absolute atomic E-state index is 0.0535. The lowest BCUT2D eigenvalue weighted by Gasteiger charge is -2.42. The van der Waals surface area contributed by atoms with Gasteiger partial charge < -0.3 is 19.3 Å². The number of hydrogen-bond donors (Lipinski definition) is 0. The van der Waals surface area contributed by atoms with Gasteiger partial charge in [0.2, 0.25) is 5.91 Å². The van der Waals surface area contributed by atoms with E-state index in [-0.39, 0.29) is 17.9 Å². The fourth-order valence-electron chi connectivity index (χ4n) is 4.98. The molecule has 2 aliphatic heterocycles. The number of para-hydroxylation sites is 2. The number of carbonyl (C=O) groups excluding carboxylic acids is 1. The van der Waals surface area contributed by atoms with Crippen molar-refractivity contribution in [3.8, 4) is 17.2 Å². The predicted molar refractivity (Wildman–Crippen MR) is 138 cm³/mol. The van der Waals surface area contributed by atoms with Crippen molar-refractivity contribution in [2.24, 2.45) is 4.99 Å². The molecule has 0 aliphatic carbocycles. The second kappa shape index (κ2) is 9.82. The third-order valence-electron chi connectivity index (χ3n) is 6.86. The van der Waals surface area contributed by atoms with Crippen LogP contribution in [0.3, 0.4) is 0 Å². The second-order valence-electron chi connectivity index (χ2n) is 9.07. The van der Waals surface area contributed by atoms with Gasteiger partial charge in [-0.2, -0.15) is 0 Å². The van der Waals surface area contributed by atoms with Crippen LogP contribution in [0.25, 0.3) is 0 Å². The third kappa shape index (κ3) is 4.48. The molecule has 6 nitrogen and oxygen atoms in total. The molecule has 35 heavy (non-hydrogen) atoms. The van der Waals surface area contributed by atoms with Crippen LogP contribution in [0.5, 0.6) is 17.2 Å². The van der Waals surface area contributed by atoms with Crippen LogP contribution in [0, 0.1) is 0 Å². The van der Waals surface area contributed by atoms with Crippen molar-refractivity contribution in [3.63, 3.8) is 0 Å². The van der Waals surface area contributed by atoms with Gasteiger partial charge in [-0.1, -0.05) is 49.4 Å². The molecule has 1 fully saturated rings. The van der Waals surface area contributed by atoms with Crippen LogP contribution in [-0.2, 0) is 4.79 Å². The van der Waals surface area contributed by atoms with Gasteiger partial charge in [-0.25, -0.2) is 4.99 Å². The molecule has 2 heterocycles. The molecule has 0 aromatic heterocycles. The number of fused-ring (bicyclic) bond motifs is 2. The zero-order valence-corrected chi connectivity index (χ0v) is 20.5.